The van der Waals surface area contributed by atoms with Gasteiger partial charge < -0.3 is 10.6 Å². The Kier molecular flexibility index (Phi) is 3.91. The van der Waals surface area contributed by atoms with Crippen molar-refractivity contribution in [1.82, 2.24) is 4.90 Å². The van der Waals surface area contributed by atoms with E-state index in [4.69, 9.17) is 5.73 Å². The Bertz CT molecular complexity index is 242. The molecule has 0 bridgehead atoms. The second-order valence-corrected chi connectivity index (χ2v) is 4.60. The maximum atomic E-state index is 12.3. The molecule has 1 atom stereocenters. The van der Waals surface area contributed by atoms with Gasteiger partial charge in [-0.25, -0.2) is 0 Å². The van der Waals surface area contributed by atoms with Crippen LogP contribution >= 0.6 is 0 Å². The molecule has 0 aromatic rings. The van der Waals surface area contributed by atoms with Crippen LogP contribution in [0, 0.1) is 5.41 Å². The van der Waals surface area contributed by atoms with Gasteiger partial charge in [0.15, 0.2) is 0 Å². The first-order valence-corrected chi connectivity index (χ1v) is 5.71. The number of nitrogens with two attached hydrogens (primary N) is 1. The first-order chi connectivity index (χ1) is 7.09. The summed E-state index contributed by atoms with van der Waals surface area (Å²) in [6.07, 6.45) is 4.85. The number of rotatable bonds is 6. The summed E-state index contributed by atoms with van der Waals surface area (Å²) in [5, 5.41) is 0. The second-order valence-electron chi connectivity index (χ2n) is 4.60. The minimum Gasteiger partial charge on any atom is -0.335 e. The average molecular weight is 210 g/mol. The van der Waals surface area contributed by atoms with Crippen LogP contribution < -0.4 is 5.73 Å². The number of hydrogen-bond donors (Lipinski definition) is 1. The van der Waals surface area contributed by atoms with Crippen molar-refractivity contribution in [3.8, 4) is 0 Å². The lowest BCUT2D eigenvalue weighted by Gasteiger charge is -2.32. The first kappa shape index (κ1) is 12.2. The van der Waals surface area contributed by atoms with E-state index in [-0.39, 0.29) is 5.91 Å². The summed E-state index contributed by atoms with van der Waals surface area (Å²) in [6, 6.07) is 0.438. The Morgan fingerprint density at radius 1 is 1.67 bits per heavy atom. The summed E-state index contributed by atoms with van der Waals surface area (Å²) in [4.78, 5) is 14.2. The molecule has 0 aromatic carbocycles. The van der Waals surface area contributed by atoms with E-state index < -0.39 is 5.41 Å². The highest BCUT2D eigenvalue weighted by Gasteiger charge is 2.39. The Hall–Kier alpha value is -0.830. The van der Waals surface area contributed by atoms with Gasteiger partial charge in [-0.1, -0.05) is 13.0 Å². The Morgan fingerprint density at radius 3 is 2.60 bits per heavy atom. The van der Waals surface area contributed by atoms with Crippen LogP contribution in [0.5, 0.6) is 0 Å². The third-order valence-corrected chi connectivity index (χ3v) is 3.32. The fourth-order valence-corrected chi connectivity index (χ4v) is 1.65. The highest BCUT2D eigenvalue weighted by Crippen LogP contribution is 2.32. The van der Waals surface area contributed by atoms with Gasteiger partial charge in [0.2, 0.25) is 5.91 Å². The van der Waals surface area contributed by atoms with Gasteiger partial charge in [-0.3, -0.25) is 4.79 Å². The fraction of sp³-hybridized carbons (Fsp3) is 0.750. The van der Waals surface area contributed by atoms with Gasteiger partial charge in [-0.15, -0.1) is 6.58 Å². The standard InChI is InChI=1S/C12H22N2O/c1-4-8-14(10-6-7-10)11(15)12(3,5-2)9-13/h4,10H,1,5-9,13H2,2-3H3. The predicted octanol–water partition coefficient (Wildman–Crippen LogP) is 1.54. The smallest absolute Gasteiger partial charge is 0.230 e. The fourth-order valence-electron chi connectivity index (χ4n) is 1.65. The molecule has 1 aliphatic rings. The van der Waals surface area contributed by atoms with E-state index in [0.29, 0.717) is 19.1 Å². The van der Waals surface area contributed by atoms with Gasteiger partial charge >= 0.3 is 0 Å². The summed E-state index contributed by atoms with van der Waals surface area (Å²) in [5.41, 5.74) is 5.30. The molecule has 0 spiro atoms. The minimum absolute atomic E-state index is 0.190. The number of carbonyl (C=O) groups is 1. The van der Waals surface area contributed by atoms with E-state index in [1.165, 1.54) is 0 Å². The molecule has 0 radical (unpaired) electrons. The van der Waals surface area contributed by atoms with E-state index in [2.05, 4.69) is 6.58 Å². The van der Waals surface area contributed by atoms with Crippen molar-refractivity contribution >= 4 is 5.91 Å². The van der Waals surface area contributed by atoms with Gasteiger partial charge in [0, 0.05) is 19.1 Å². The van der Waals surface area contributed by atoms with E-state index in [0.717, 1.165) is 19.3 Å². The normalized spacial score (nSPS) is 19.4. The van der Waals surface area contributed by atoms with Gasteiger partial charge in [-0.05, 0) is 26.2 Å². The van der Waals surface area contributed by atoms with E-state index >= 15 is 0 Å². The lowest BCUT2D eigenvalue weighted by molar-refractivity contribution is -0.141. The highest BCUT2D eigenvalue weighted by molar-refractivity contribution is 5.83. The molecular weight excluding hydrogens is 188 g/mol. The molecule has 0 heterocycles. The molecule has 1 rings (SSSR count). The first-order valence-electron chi connectivity index (χ1n) is 5.71. The van der Waals surface area contributed by atoms with E-state index in [1.807, 2.05) is 18.7 Å². The van der Waals surface area contributed by atoms with Crippen molar-refractivity contribution in [2.75, 3.05) is 13.1 Å². The highest BCUT2D eigenvalue weighted by atomic mass is 16.2. The molecule has 1 saturated carbocycles. The second kappa shape index (κ2) is 4.79. The molecule has 1 unspecified atom stereocenters. The molecule has 1 amide bonds. The zero-order valence-corrected chi connectivity index (χ0v) is 9.83. The molecule has 3 nitrogen and oxygen atoms in total. The molecule has 0 aromatic heterocycles. The lowest BCUT2D eigenvalue weighted by atomic mass is 9.86. The molecule has 2 N–H and O–H groups in total. The third-order valence-electron chi connectivity index (χ3n) is 3.32. The van der Waals surface area contributed by atoms with Crippen LogP contribution in [-0.4, -0.2) is 29.9 Å². The minimum atomic E-state index is -0.397. The number of hydrogen-bond acceptors (Lipinski definition) is 2. The van der Waals surface area contributed by atoms with Gasteiger partial charge in [0.25, 0.3) is 0 Å². The molecule has 0 saturated heterocycles. The Morgan fingerprint density at radius 2 is 2.27 bits per heavy atom. The van der Waals surface area contributed by atoms with Crippen LogP contribution in [0.2, 0.25) is 0 Å². The maximum absolute atomic E-state index is 12.3. The quantitative estimate of drug-likeness (QED) is 0.676. The molecule has 0 aliphatic heterocycles. The Balaban J connectivity index is 2.73. The largest absolute Gasteiger partial charge is 0.335 e. The summed E-state index contributed by atoms with van der Waals surface area (Å²) in [5.74, 6) is 0.190. The summed E-state index contributed by atoms with van der Waals surface area (Å²) in [7, 11) is 0. The summed E-state index contributed by atoms with van der Waals surface area (Å²) < 4.78 is 0. The van der Waals surface area contributed by atoms with Crippen LogP contribution in [0.25, 0.3) is 0 Å². The zero-order chi connectivity index (χ0) is 11.5. The van der Waals surface area contributed by atoms with Crippen molar-refractivity contribution in [2.45, 2.75) is 39.2 Å². The van der Waals surface area contributed by atoms with E-state index in [9.17, 15) is 4.79 Å². The molecule has 15 heavy (non-hydrogen) atoms. The molecule has 1 fully saturated rings. The molecular formula is C12H22N2O. The maximum Gasteiger partial charge on any atom is 0.230 e. The molecule has 86 valence electrons. The summed E-state index contributed by atoms with van der Waals surface area (Å²) in [6.45, 7) is 8.74. The number of amides is 1. The van der Waals surface area contributed by atoms with Crippen molar-refractivity contribution in [3.05, 3.63) is 12.7 Å². The Labute approximate surface area is 92.3 Å². The van der Waals surface area contributed by atoms with Crippen molar-refractivity contribution < 1.29 is 4.79 Å². The van der Waals surface area contributed by atoms with E-state index in [1.54, 1.807) is 6.08 Å². The SMILES string of the molecule is C=CCN(C(=O)C(C)(CC)CN)C1CC1. The monoisotopic (exact) mass is 210 g/mol. The average Bonchev–Trinajstić information content (AvgIpc) is 3.07. The predicted molar refractivity (Wildman–Crippen MR) is 62.4 cm³/mol. The topological polar surface area (TPSA) is 46.3 Å². The van der Waals surface area contributed by atoms with Crippen molar-refractivity contribution in [1.29, 1.82) is 0 Å². The summed E-state index contributed by atoms with van der Waals surface area (Å²) >= 11 is 0. The van der Waals surface area contributed by atoms with Crippen LogP contribution in [0.3, 0.4) is 0 Å². The van der Waals surface area contributed by atoms with Crippen LogP contribution in [0.4, 0.5) is 0 Å². The van der Waals surface area contributed by atoms with Gasteiger partial charge in [0.1, 0.15) is 0 Å². The zero-order valence-electron chi connectivity index (χ0n) is 9.83. The lowest BCUT2D eigenvalue weighted by Crippen LogP contribution is -2.47. The van der Waals surface area contributed by atoms with Crippen molar-refractivity contribution in [3.63, 3.8) is 0 Å². The van der Waals surface area contributed by atoms with Crippen LogP contribution in [0.1, 0.15) is 33.1 Å². The number of nitrogens with zero attached hydrogens (tertiary/aromatic N) is 1. The molecule has 1 aliphatic carbocycles. The van der Waals surface area contributed by atoms with Gasteiger partial charge in [-0.2, -0.15) is 0 Å². The van der Waals surface area contributed by atoms with Crippen LogP contribution in [0.15, 0.2) is 12.7 Å². The molecule has 3 heteroatoms. The third kappa shape index (κ3) is 2.59. The van der Waals surface area contributed by atoms with Crippen molar-refractivity contribution in [2.24, 2.45) is 11.1 Å². The van der Waals surface area contributed by atoms with Crippen LogP contribution in [-0.2, 0) is 4.79 Å². The van der Waals surface area contributed by atoms with Gasteiger partial charge in [0.05, 0.1) is 5.41 Å². The number of carbonyl (C=O) groups excluding carboxylic acids is 1.